The Morgan fingerprint density at radius 2 is 1.86 bits per heavy atom. The summed E-state index contributed by atoms with van der Waals surface area (Å²) in [6.45, 7) is 0.836. The van der Waals surface area contributed by atoms with Gasteiger partial charge in [0.25, 0.3) is 5.91 Å². The van der Waals surface area contributed by atoms with Crippen molar-refractivity contribution in [2.45, 2.75) is 30.3 Å². The molecule has 2 aliphatic heterocycles. The van der Waals surface area contributed by atoms with Crippen molar-refractivity contribution in [2.75, 3.05) is 26.9 Å². The van der Waals surface area contributed by atoms with E-state index in [1.54, 1.807) is 16.7 Å². The van der Waals surface area contributed by atoms with Crippen LogP contribution >= 0.6 is 22.9 Å². The topological polar surface area (TPSA) is 116 Å². The Hall–Kier alpha value is -2.93. The lowest BCUT2D eigenvalue weighted by molar-refractivity contribution is -0.141. The standard InChI is InChI=1S/C23H22ClN3O7S2/c1-32-21(28)13-26-17-11-18-19(34-10-9-33-18)12-20(17)35-23(26)25-22(29)16-3-2-8-27(16)36(30,31)15-6-4-14(24)5-7-15/h4-7,11-12,16H,2-3,8-10,13H2,1H3. The molecular formula is C23H22ClN3O7S2. The second kappa shape index (κ2) is 9.85. The van der Waals surface area contributed by atoms with E-state index in [2.05, 4.69) is 4.99 Å². The number of sulfonamides is 1. The number of amides is 1. The van der Waals surface area contributed by atoms with Crippen LogP contribution in [0.5, 0.6) is 11.5 Å². The highest BCUT2D eigenvalue weighted by Crippen LogP contribution is 2.36. The minimum Gasteiger partial charge on any atom is -0.486 e. The van der Waals surface area contributed by atoms with Gasteiger partial charge >= 0.3 is 5.97 Å². The van der Waals surface area contributed by atoms with Crippen LogP contribution < -0.4 is 14.3 Å². The van der Waals surface area contributed by atoms with Gasteiger partial charge < -0.3 is 18.8 Å². The van der Waals surface area contributed by atoms with Gasteiger partial charge in [-0.15, -0.1) is 0 Å². The van der Waals surface area contributed by atoms with Crippen molar-refractivity contribution >= 4 is 55.1 Å². The van der Waals surface area contributed by atoms with E-state index in [4.69, 9.17) is 25.8 Å². The van der Waals surface area contributed by atoms with Gasteiger partial charge in [-0.3, -0.25) is 9.59 Å². The highest BCUT2D eigenvalue weighted by Gasteiger charge is 2.39. The number of halogens is 1. The average molecular weight is 552 g/mol. The van der Waals surface area contributed by atoms with Crippen molar-refractivity contribution in [1.29, 1.82) is 0 Å². The molecule has 3 heterocycles. The molecule has 3 aromatic rings. The molecule has 1 unspecified atom stereocenters. The summed E-state index contributed by atoms with van der Waals surface area (Å²) in [5.41, 5.74) is 0.623. The Morgan fingerprint density at radius 3 is 2.56 bits per heavy atom. The highest BCUT2D eigenvalue weighted by atomic mass is 35.5. The summed E-state index contributed by atoms with van der Waals surface area (Å²) >= 11 is 7.09. The molecular weight excluding hydrogens is 530 g/mol. The fourth-order valence-electron chi connectivity index (χ4n) is 4.22. The van der Waals surface area contributed by atoms with Crippen LogP contribution in [0, 0.1) is 0 Å². The predicted octanol–water partition coefficient (Wildman–Crippen LogP) is 2.58. The Labute approximate surface area is 215 Å². The second-order valence-electron chi connectivity index (χ2n) is 8.19. The summed E-state index contributed by atoms with van der Waals surface area (Å²) < 4.78 is 46.1. The summed E-state index contributed by atoms with van der Waals surface area (Å²) in [6.07, 6.45) is 0.863. The van der Waals surface area contributed by atoms with Gasteiger partial charge in [0.2, 0.25) is 10.0 Å². The summed E-state index contributed by atoms with van der Waals surface area (Å²) in [7, 11) is -2.65. The zero-order chi connectivity index (χ0) is 25.4. The second-order valence-corrected chi connectivity index (χ2v) is 11.5. The Bertz CT molecular complexity index is 1510. The maximum absolute atomic E-state index is 13.3. The molecule has 0 radical (unpaired) electrons. The fraction of sp³-hybridized carbons (Fsp3) is 0.348. The maximum Gasteiger partial charge on any atom is 0.325 e. The smallest absolute Gasteiger partial charge is 0.325 e. The zero-order valence-corrected chi connectivity index (χ0v) is 21.6. The number of ether oxygens (including phenoxy) is 3. The molecule has 190 valence electrons. The quantitative estimate of drug-likeness (QED) is 0.447. The van der Waals surface area contributed by atoms with E-state index < -0.39 is 27.9 Å². The number of esters is 1. The van der Waals surface area contributed by atoms with Crippen LogP contribution in [0.15, 0.2) is 46.3 Å². The Kier molecular flexibility index (Phi) is 6.77. The van der Waals surface area contributed by atoms with Gasteiger partial charge in [-0.25, -0.2) is 8.42 Å². The normalized spacial score (nSPS) is 18.5. The van der Waals surface area contributed by atoms with E-state index in [1.165, 1.54) is 47.0 Å². The number of benzene rings is 2. The lowest BCUT2D eigenvalue weighted by Gasteiger charge is -2.21. The van der Waals surface area contributed by atoms with Crippen LogP contribution in [-0.4, -0.2) is 62.1 Å². The van der Waals surface area contributed by atoms with Crippen LogP contribution in [0.2, 0.25) is 5.02 Å². The molecule has 1 amide bonds. The van der Waals surface area contributed by atoms with Crippen LogP contribution in [0.4, 0.5) is 0 Å². The number of carbonyl (C=O) groups excluding carboxylic acids is 2. The average Bonchev–Trinajstić information content (AvgIpc) is 3.49. The molecule has 2 aromatic carbocycles. The number of carbonyl (C=O) groups is 2. The monoisotopic (exact) mass is 551 g/mol. The van der Waals surface area contributed by atoms with Gasteiger partial charge in [0.05, 0.1) is 22.2 Å². The number of nitrogens with zero attached hydrogens (tertiary/aromatic N) is 3. The third-order valence-electron chi connectivity index (χ3n) is 5.98. The van der Waals surface area contributed by atoms with E-state index in [0.717, 1.165) is 4.70 Å². The number of thiazole rings is 1. The molecule has 10 nitrogen and oxygen atoms in total. The third-order valence-corrected chi connectivity index (χ3v) is 9.19. The lowest BCUT2D eigenvalue weighted by Crippen LogP contribution is -2.40. The minimum atomic E-state index is -3.93. The fourth-order valence-corrected chi connectivity index (χ4v) is 7.05. The van der Waals surface area contributed by atoms with E-state index in [-0.39, 0.29) is 22.8 Å². The number of methoxy groups -OCH3 is 1. The Balaban J connectivity index is 1.54. The molecule has 1 atom stereocenters. The summed E-state index contributed by atoms with van der Waals surface area (Å²) in [5, 5.41) is 0.412. The molecule has 2 aliphatic rings. The number of hydrogen-bond acceptors (Lipinski definition) is 8. The molecule has 0 spiro atoms. The molecule has 13 heteroatoms. The summed E-state index contributed by atoms with van der Waals surface area (Å²) in [5.74, 6) is -0.0352. The largest absolute Gasteiger partial charge is 0.486 e. The molecule has 36 heavy (non-hydrogen) atoms. The maximum atomic E-state index is 13.3. The van der Waals surface area contributed by atoms with Gasteiger partial charge in [-0.2, -0.15) is 9.30 Å². The van der Waals surface area contributed by atoms with Gasteiger partial charge in [0, 0.05) is 23.7 Å². The van der Waals surface area contributed by atoms with Crippen molar-refractivity contribution < 1.29 is 32.2 Å². The first kappa shape index (κ1) is 24.8. The van der Waals surface area contributed by atoms with Crippen LogP contribution in [-0.2, 0) is 30.9 Å². The first-order valence-corrected chi connectivity index (χ1v) is 13.8. The molecule has 0 N–H and O–H groups in total. The van der Waals surface area contributed by atoms with E-state index >= 15 is 0 Å². The van der Waals surface area contributed by atoms with Gasteiger partial charge in [-0.1, -0.05) is 22.9 Å². The number of rotatable bonds is 5. The summed E-state index contributed by atoms with van der Waals surface area (Å²) in [4.78, 5) is 30.1. The van der Waals surface area contributed by atoms with Crippen molar-refractivity contribution in [3.63, 3.8) is 0 Å². The molecule has 1 fully saturated rings. The Morgan fingerprint density at radius 1 is 1.17 bits per heavy atom. The number of aromatic nitrogens is 1. The number of hydrogen-bond donors (Lipinski definition) is 0. The molecule has 5 rings (SSSR count). The van der Waals surface area contributed by atoms with E-state index in [0.29, 0.717) is 48.1 Å². The lowest BCUT2D eigenvalue weighted by atomic mass is 10.2. The molecule has 0 aliphatic carbocycles. The molecule has 0 bridgehead atoms. The van der Waals surface area contributed by atoms with Crippen molar-refractivity contribution in [1.82, 2.24) is 8.87 Å². The van der Waals surface area contributed by atoms with Crippen molar-refractivity contribution in [3.05, 3.63) is 46.2 Å². The minimum absolute atomic E-state index is 0.0554. The van der Waals surface area contributed by atoms with E-state index in [1.807, 2.05) is 0 Å². The van der Waals surface area contributed by atoms with Gasteiger partial charge in [0.15, 0.2) is 16.3 Å². The molecule has 1 saturated heterocycles. The van der Waals surface area contributed by atoms with Crippen LogP contribution in [0.1, 0.15) is 12.8 Å². The van der Waals surface area contributed by atoms with E-state index in [9.17, 15) is 18.0 Å². The number of fused-ring (bicyclic) bond motifs is 2. The van der Waals surface area contributed by atoms with Crippen LogP contribution in [0.3, 0.4) is 0 Å². The van der Waals surface area contributed by atoms with Crippen molar-refractivity contribution in [2.24, 2.45) is 4.99 Å². The van der Waals surface area contributed by atoms with Crippen molar-refractivity contribution in [3.8, 4) is 11.5 Å². The molecule has 1 aromatic heterocycles. The predicted molar refractivity (Wildman–Crippen MR) is 132 cm³/mol. The van der Waals surface area contributed by atoms with Gasteiger partial charge in [0.1, 0.15) is 25.8 Å². The summed E-state index contributed by atoms with van der Waals surface area (Å²) in [6, 6.07) is 8.37. The van der Waals surface area contributed by atoms with Crippen LogP contribution in [0.25, 0.3) is 10.2 Å². The zero-order valence-electron chi connectivity index (χ0n) is 19.2. The first-order valence-electron chi connectivity index (χ1n) is 11.1. The van der Waals surface area contributed by atoms with Gasteiger partial charge in [-0.05, 0) is 37.1 Å². The SMILES string of the molecule is COC(=O)Cn1c(=NC(=O)C2CCCN2S(=O)(=O)c2ccc(Cl)cc2)sc2cc3c(cc21)OCCO3. The molecule has 0 saturated carbocycles. The third kappa shape index (κ3) is 4.61. The first-order chi connectivity index (χ1) is 17.3. The highest BCUT2D eigenvalue weighted by molar-refractivity contribution is 7.89.